The molecule has 0 aromatic rings. The first-order valence-corrected chi connectivity index (χ1v) is 6.05. The lowest BCUT2D eigenvalue weighted by Crippen LogP contribution is -1.76. The first kappa shape index (κ1) is 15.9. The monoisotopic (exact) mass is 196 g/mol. The van der Waals surface area contributed by atoms with Gasteiger partial charge in [-0.15, -0.1) is 13.2 Å². The van der Waals surface area contributed by atoms with E-state index in [2.05, 4.69) is 27.0 Å². The van der Waals surface area contributed by atoms with Gasteiger partial charge >= 0.3 is 0 Å². The number of unbranched alkanes of at least 4 members (excludes halogenated alkanes) is 6. The van der Waals surface area contributed by atoms with Crippen molar-refractivity contribution in [1.82, 2.24) is 0 Å². The summed E-state index contributed by atoms with van der Waals surface area (Å²) in [5.41, 5.74) is 0. The molecule has 0 bridgehead atoms. The summed E-state index contributed by atoms with van der Waals surface area (Å²) in [6.07, 6.45) is 14.5. The molecular formula is C14H28. The molecule has 0 rings (SSSR count). The van der Waals surface area contributed by atoms with E-state index in [-0.39, 0.29) is 0 Å². The molecule has 0 aliphatic carbocycles. The van der Waals surface area contributed by atoms with Crippen molar-refractivity contribution in [2.24, 2.45) is 0 Å². The molecule has 0 aliphatic rings. The fraction of sp³-hybridized carbons (Fsp3) is 0.714. The third-order valence-corrected chi connectivity index (χ3v) is 2.05. The Hall–Kier alpha value is -0.520. The predicted octanol–water partition coefficient (Wildman–Crippen LogP) is 5.51. The Bertz CT molecular complexity index is 103. The van der Waals surface area contributed by atoms with Crippen molar-refractivity contribution < 1.29 is 0 Å². The van der Waals surface area contributed by atoms with Crippen LogP contribution in [0.2, 0.25) is 0 Å². The zero-order valence-electron chi connectivity index (χ0n) is 10.2. The minimum Gasteiger partial charge on any atom is -0.103 e. The van der Waals surface area contributed by atoms with Crippen LogP contribution in [0.3, 0.4) is 0 Å². The molecule has 0 radical (unpaired) electrons. The number of rotatable bonds is 8. The van der Waals surface area contributed by atoms with Crippen LogP contribution in [0.4, 0.5) is 0 Å². The summed E-state index contributed by atoms with van der Waals surface area (Å²) in [6, 6.07) is 0. The van der Waals surface area contributed by atoms with Crippen LogP contribution in [0, 0.1) is 0 Å². The van der Waals surface area contributed by atoms with Crippen LogP contribution in [-0.2, 0) is 0 Å². The summed E-state index contributed by atoms with van der Waals surface area (Å²) in [6.45, 7) is 11.5. The molecular weight excluding hydrogens is 168 g/mol. The summed E-state index contributed by atoms with van der Waals surface area (Å²) in [5, 5.41) is 0. The Balaban J connectivity index is 0. The first-order chi connectivity index (χ1) is 6.83. The molecule has 0 N–H and O–H groups in total. The SMILES string of the molecule is C=CCC.C=CCCCCCCCC. The van der Waals surface area contributed by atoms with E-state index in [0.717, 1.165) is 6.42 Å². The zero-order valence-corrected chi connectivity index (χ0v) is 10.2. The molecule has 0 nitrogen and oxygen atoms in total. The summed E-state index contributed by atoms with van der Waals surface area (Å²) >= 11 is 0. The molecule has 0 amide bonds. The van der Waals surface area contributed by atoms with Gasteiger partial charge in [-0.25, -0.2) is 0 Å². The topological polar surface area (TPSA) is 0 Å². The second-order valence-electron chi connectivity index (χ2n) is 3.54. The van der Waals surface area contributed by atoms with E-state index in [0.29, 0.717) is 0 Å². The average molecular weight is 196 g/mol. The van der Waals surface area contributed by atoms with Gasteiger partial charge in [0.1, 0.15) is 0 Å². The van der Waals surface area contributed by atoms with Crippen LogP contribution in [0.25, 0.3) is 0 Å². The van der Waals surface area contributed by atoms with E-state index in [4.69, 9.17) is 0 Å². The molecule has 0 saturated carbocycles. The van der Waals surface area contributed by atoms with Crippen molar-refractivity contribution >= 4 is 0 Å². The third-order valence-electron chi connectivity index (χ3n) is 2.05. The highest BCUT2D eigenvalue weighted by molar-refractivity contribution is 4.65. The fourth-order valence-corrected chi connectivity index (χ4v) is 1.07. The molecule has 0 aromatic heterocycles. The van der Waals surface area contributed by atoms with E-state index in [9.17, 15) is 0 Å². The van der Waals surface area contributed by atoms with Gasteiger partial charge in [0, 0.05) is 0 Å². The summed E-state index contributed by atoms with van der Waals surface area (Å²) in [7, 11) is 0. The van der Waals surface area contributed by atoms with Crippen molar-refractivity contribution in [2.45, 2.75) is 65.2 Å². The van der Waals surface area contributed by atoms with E-state index in [1.165, 1.54) is 44.9 Å². The Morgan fingerprint density at radius 1 is 0.786 bits per heavy atom. The second-order valence-corrected chi connectivity index (χ2v) is 3.54. The van der Waals surface area contributed by atoms with Crippen LogP contribution >= 0.6 is 0 Å². The molecule has 0 aromatic carbocycles. The van der Waals surface area contributed by atoms with E-state index in [1.807, 2.05) is 12.2 Å². The Kier molecular flexibility index (Phi) is 20.8. The summed E-state index contributed by atoms with van der Waals surface area (Å²) in [4.78, 5) is 0. The van der Waals surface area contributed by atoms with E-state index in [1.54, 1.807) is 0 Å². The standard InChI is InChI=1S/C10H20.C4H8/c1-3-5-7-9-10-8-6-4-2;1-3-4-2/h3H,1,4-10H2,2H3;3H,1,4H2,2H3. The molecule has 0 saturated heterocycles. The molecule has 84 valence electrons. The molecule has 0 unspecified atom stereocenters. The lowest BCUT2D eigenvalue weighted by molar-refractivity contribution is 0.611. The molecule has 0 aliphatic heterocycles. The van der Waals surface area contributed by atoms with Crippen LogP contribution in [0.1, 0.15) is 65.2 Å². The number of hydrogen-bond acceptors (Lipinski definition) is 0. The van der Waals surface area contributed by atoms with Gasteiger partial charge in [0.25, 0.3) is 0 Å². The average Bonchev–Trinajstić information content (AvgIpc) is 2.24. The molecule has 0 heterocycles. The van der Waals surface area contributed by atoms with Crippen LogP contribution in [-0.4, -0.2) is 0 Å². The largest absolute Gasteiger partial charge is 0.103 e. The summed E-state index contributed by atoms with van der Waals surface area (Å²) < 4.78 is 0. The highest BCUT2D eigenvalue weighted by atomic mass is 13.9. The first-order valence-electron chi connectivity index (χ1n) is 6.05. The molecule has 0 spiro atoms. The van der Waals surface area contributed by atoms with Crippen LogP contribution in [0.5, 0.6) is 0 Å². The molecule has 0 atom stereocenters. The molecule has 0 fully saturated rings. The maximum absolute atomic E-state index is 3.69. The van der Waals surface area contributed by atoms with Gasteiger partial charge in [-0.1, -0.05) is 58.1 Å². The van der Waals surface area contributed by atoms with Gasteiger partial charge in [0.05, 0.1) is 0 Å². The molecule has 14 heavy (non-hydrogen) atoms. The van der Waals surface area contributed by atoms with Gasteiger partial charge in [0.2, 0.25) is 0 Å². The Labute approximate surface area is 91.1 Å². The van der Waals surface area contributed by atoms with Crippen molar-refractivity contribution in [3.8, 4) is 0 Å². The highest BCUT2D eigenvalue weighted by Gasteiger charge is 1.86. The van der Waals surface area contributed by atoms with Gasteiger partial charge in [-0.3, -0.25) is 0 Å². The number of allylic oxidation sites excluding steroid dienone is 2. The molecule has 0 heteroatoms. The minimum atomic E-state index is 1.08. The van der Waals surface area contributed by atoms with Crippen molar-refractivity contribution in [1.29, 1.82) is 0 Å². The highest BCUT2D eigenvalue weighted by Crippen LogP contribution is 2.06. The number of hydrogen-bond donors (Lipinski definition) is 0. The van der Waals surface area contributed by atoms with Gasteiger partial charge in [0.15, 0.2) is 0 Å². The lowest BCUT2D eigenvalue weighted by Gasteiger charge is -1.96. The fourth-order valence-electron chi connectivity index (χ4n) is 1.07. The van der Waals surface area contributed by atoms with Crippen LogP contribution in [0.15, 0.2) is 25.3 Å². The van der Waals surface area contributed by atoms with E-state index >= 15 is 0 Å². The van der Waals surface area contributed by atoms with Crippen molar-refractivity contribution in [3.05, 3.63) is 25.3 Å². The normalized spacial score (nSPS) is 8.71. The van der Waals surface area contributed by atoms with Crippen molar-refractivity contribution in [3.63, 3.8) is 0 Å². The van der Waals surface area contributed by atoms with Crippen LogP contribution < -0.4 is 0 Å². The lowest BCUT2D eigenvalue weighted by atomic mass is 10.1. The quantitative estimate of drug-likeness (QED) is 0.355. The maximum Gasteiger partial charge on any atom is -0.0353 e. The van der Waals surface area contributed by atoms with Gasteiger partial charge < -0.3 is 0 Å². The van der Waals surface area contributed by atoms with Gasteiger partial charge in [-0.2, -0.15) is 0 Å². The third kappa shape index (κ3) is 22.5. The predicted molar refractivity (Wildman–Crippen MR) is 68.7 cm³/mol. The Morgan fingerprint density at radius 2 is 1.29 bits per heavy atom. The Morgan fingerprint density at radius 3 is 1.71 bits per heavy atom. The minimum absolute atomic E-state index is 1.08. The van der Waals surface area contributed by atoms with Crippen molar-refractivity contribution in [2.75, 3.05) is 0 Å². The maximum atomic E-state index is 3.69. The second kappa shape index (κ2) is 18.3. The summed E-state index contributed by atoms with van der Waals surface area (Å²) in [5.74, 6) is 0. The van der Waals surface area contributed by atoms with Gasteiger partial charge in [-0.05, 0) is 19.3 Å². The smallest absolute Gasteiger partial charge is 0.0353 e. The van der Waals surface area contributed by atoms with E-state index < -0.39 is 0 Å². The zero-order chi connectivity index (χ0) is 11.1.